The van der Waals surface area contributed by atoms with Crippen LogP contribution in [0.15, 0.2) is 162 Å². The van der Waals surface area contributed by atoms with Crippen LogP contribution >= 0.6 is 0 Å². The van der Waals surface area contributed by atoms with Crippen molar-refractivity contribution in [3.05, 3.63) is 186 Å². The van der Waals surface area contributed by atoms with E-state index >= 15 is 0 Å². The first kappa shape index (κ1) is 31.9. The second-order valence-corrected chi connectivity index (χ2v) is 15.2. The van der Waals surface area contributed by atoms with Gasteiger partial charge in [-0.1, -0.05) is 103 Å². The number of hydrogen-bond donors (Lipinski definition) is 0. The maximum Gasteiger partial charge on any atom is 0.135 e. The van der Waals surface area contributed by atoms with E-state index in [-0.39, 0.29) is 12.0 Å². The number of nitrogens with zero attached hydrogens (tertiary/aromatic N) is 2. The Balaban J connectivity index is 1.04. The van der Waals surface area contributed by atoms with Gasteiger partial charge in [0, 0.05) is 44.7 Å². The summed E-state index contributed by atoms with van der Waals surface area (Å²) < 4.78 is 8.68. The summed E-state index contributed by atoms with van der Waals surface area (Å²) in [5.41, 5.74) is 17.2. The number of rotatable bonds is 5. The molecule has 3 nitrogen and oxygen atoms in total. The van der Waals surface area contributed by atoms with Gasteiger partial charge in [0.25, 0.3) is 0 Å². The number of fused-ring (bicyclic) bond motifs is 9. The van der Waals surface area contributed by atoms with E-state index in [2.05, 4.69) is 193 Å². The van der Waals surface area contributed by atoms with Crippen LogP contribution in [-0.2, 0) is 6.42 Å². The quantitative estimate of drug-likeness (QED) is 0.177. The molecule has 2 atom stereocenters. The third-order valence-electron chi connectivity index (χ3n) is 12.1. The van der Waals surface area contributed by atoms with Crippen LogP contribution in [0.1, 0.15) is 47.3 Å². The van der Waals surface area contributed by atoms with E-state index in [0.29, 0.717) is 0 Å². The third kappa shape index (κ3) is 4.96. The Labute approximate surface area is 321 Å². The Morgan fingerprint density at radius 2 is 1.45 bits per heavy atom. The van der Waals surface area contributed by atoms with E-state index in [0.717, 1.165) is 29.9 Å². The van der Waals surface area contributed by atoms with Gasteiger partial charge in [0.05, 0.1) is 17.1 Å². The van der Waals surface area contributed by atoms with E-state index < -0.39 is 0 Å². The van der Waals surface area contributed by atoms with Gasteiger partial charge in [-0.25, -0.2) is 0 Å². The Kier molecular flexibility index (Phi) is 7.25. The lowest BCUT2D eigenvalue weighted by molar-refractivity contribution is 0.595. The molecule has 0 bridgehead atoms. The molecule has 3 aliphatic rings. The van der Waals surface area contributed by atoms with Gasteiger partial charge < -0.3 is 13.9 Å². The Bertz CT molecular complexity index is 2950. The molecule has 2 unspecified atom stereocenters. The molecule has 11 rings (SSSR count). The number of hydrogen-bond acceptors (Lipinski definition) is 2. The first-order chi connectivity index (χ1) is 27.1. The normalized spacial score (nSPS) is 17.2. The monoisotopic (exact) mass is 708 g/mol. The van der Waals surface area contributed by atoms with E-state index in [1.807, 2.05) is 0 Å². The molecule has 2 aliphatic carbocycles. The lowest BCUT2D eigenvalue weighted by Gasteiger charge is -2.28. The highest BCUT2D eigenvalue weighted by Gasteiger charge is 2.38. The fourth-order valence-electron chi connectivity index (χ4n) is 9.49. The Morgan fingerprint density at radius 3 is 2.33 bits per heavy atom. The number of furan rings is 1. The van der Waals surface area contributed by atoms with Crippen LogP contribution in [0.2, 0.25) is 0 Å². The largest absolute Gasteiger partial charge is 0.456 e. The SMILES string of the molecule is C/C=C\c1ccc2c(c1C)c1cc(-c3ccc4c(c3)C3C=CC=CC3N4c3ccc4oc5c(c4c3)CCC=C5)ccc1n2-c1ccc(-c2ccccc2)cc1. The smallest absolute Gasteiger partial charge is 0.135 e. The van der Waals surface area contributed by atoms with E-state index in [9.17, 15) is 0 Å². The number of allylic oxidation sites excluding steroid dienone is 4. The van der Waals surface area contributed by atoms with E-state index in [1.54, 1.807) is 0 Å². The molecular formula is C52H40N2O. The summed E-state index contributed by atoms with van der Waals surface area (Å²) in [7, 11) is 0. The number of anilines is 2. The van der Waals surface area contributed by atoms with Crippen molar-refractivity contribution in [3.8, 4) is 27.9 Å². The average molecular weight is 709 g/mol. The standard InChI is InChI=1S/C52H40N2O/c1-3-11-34-20-28-49-52(33(34)2)45-31-38(22-27-48(45)53(49)39-23-18-36(19-24-39)35-12-5-4-6-13-35)37-21-26-47-43(30-37)41-14-7-9-16-46(41)54(47)40-25-29-51-44(32-40)42-15-8-10-17-50(42)55-51/h3-7,9-14,16-32,41,46H,8,15H2,1-2H3/b11-3-. The third-order valence-corrected chi connectivity index (χ3v) is 12.1. The molecule has 0 saturated heterocycles. The topological polar surface area (TPSA) is 21.3 Å². The van der Waals surface area contributed by atoms with Crippen molar-refractivity contribution < 1.29 is 4.42 Å². The van der Waals surface area contributed by atoms with Gasteiger partial charge in [-0.3, -0.25) is 0 Å². The minimum atomic E-state index is 0.219. The highest BCUT2D eigenvalue weighted by atomic mass is 16.3. The molecule has 0 saturated carbocycles. The van der Waals surface area contributed by atoms with Gasteiger partial charge in [-0.05, 0) is 132 Å². The molecule has 8 aromatic rings. The number of aryl methyl sites for hydroxylation is 2. The second kappa shape index (κ2) is 12.5. The van der Waals surface area contributed by atoms with Gasteiger partial charge >= 0.3 is 0 Å². The molecule has 0 radical (unpaired) electrons. The van der Waals surface area contributed by atoms with Crippen LogP contribution in [0.25, 0.3) is 72.9 Å². The van der Waals surface area contributed by atoms with Gasteiger partial charge in [0.1, 0.15) is 11.3 Å². The summed E-state index contributed by atoms with van der Waals surface area (Å²) in [4.78, 5) is 2.54. The van der Waals surface area contributed by atoms with Crippen LogP contribution in [0.5, 0.6) is 0 Å². The number of aromatic nitrogens is 1. The average Bonchev–Trinajstić information content (AvgIpc) is 3.89. The fourth-order valence-corrected chi connectivity index (χ4v) is 9.49. The summed E-state index contributed by atoms with van der Waals surface area (Å²) in [6, 6.07) is 45.3. The zero-order valence-corrected chi connectivity index (χ0v) is 31.0. The molecule has 264 valence electrons. The molecule has 0 spiro atoms. The van der Waals surface area contributed by atoms with Crippen LogP contribution in [0, 0.1) is 6.92 Å². The summed E-state index contributed by atoms with van der Waals surface area (Å²) in [6.07, 6.45) is 19.9. The molecule has 0 N–H and O–H groups in total. The molecule has 3 heterocycles. The Hall–Kier alpha value is -6.58. The fraction of sp³-hybridized carbons (Fsp3) is 0.115. The predicted octanol–water partition coefficient (Wildman–Crippen LogP) is 13.9. The molecule has 6 aromatic carbocycles. The number of benzene rings is 6. The van der Waals surface area contributed by atoms with Gasteiger partial charge in [0.2, 0.25) is 0 Å². The van der Waals surface area contributed by atoms with Crippen LogP contribution in [0.4, 0.5) is 11.4 Å². The maximum absolute atomic E-state index is 6.24. The minimum absolute atomic E-state index is 0.219. The highest BCUT2D eigenvalue weighted by Crippen LogP contribution is 2.50. The first-order valence-corrected chi connectivity index (χ1v) is 19.5. The van der Waals surface area contributed by atoms with Crippen molar-refractivity contribution in [2.75, 3.05) is 4.90 Å². The zero-order chi connectivity index (χ0) is 36.6. The van der Waals surface area contributed by atoms with Crippen LogP contribution < -0.4 is 4.90 Å². The predicted molar refractivity (Wildman–Crippen MR) is 232 cm³/mol. The summed E-state index contributed by atoms with van der Waals surface area (Å²) in [5, 5.41) is 3.82. The first-order valence-electron chi connectivity index (χ1n) is 19.5. The second-order valence-electron chi connectivity index (χ2n) is 15.2. The van der Waals surface area contributed by atoms with Crippen LogP contribution in [-0.4, -0.2) is 10.6 Å². The van der Waals surface area contributed by atoms with Gasteiger partial charge in [0.15, 0.2) is 0 Å². The maximum atomic E-state index is 6.24. The summed E-state index contributed by atoms with van der Waals surface area (Å²) >= 11 is 0. The molecule has 2 aromatic heterocycles. The molecule has 0 amide bonds. The molecule has 55 heavy (non-hydrogen) atoms. The Morgan fingerprint density at radius 1 is 0.691 bits per heavy atom. The minimum Gasteiger partial charge on any atom is -0.456 e. The lowest BCUT2D eigenvalue weighted by atomic mass is 9.89. The van der Waals surface area contributed by atoms with Crippen molar-refractivity contribution in [3.63, 3.8) is 0 Å². The summed E-state index contributed by atoms with van der Waals surface area (Å²) in [5.74, 6) is 1.28. The lowest BCUT2D eigenvalue weighted by Crippen LogP contribution is -2.28. The molecule has 1 aliphatic heterocycles. The van der Waals surface area contributed by atoms with Crippen molar-refractivity contribution in [1.29, 1.82) is 0 Å². The van der Waals surface area contributed by atoms with Crippen LogP contribution in [0.3, 0.4) is 0 Å². The van der Waals surface area contributed by atoms with Crippen molar-refractivity contribution in [1.82, 2.24) is 4.57 Å². The van der Waals surface area contributed by atoms with E-state index in [4.69, 9.17) is 4.42 Å². The van der Waals surface area contributed by atoms with Gasteiger partial charge in [-0.15, -0.1) is 0 Å². The van der Waals surface area contributed by atoms with Crippen molar-refractivity contribution in [2.24, 2.45) is 0 Å². The molecular weight excluding hydrogens is 669 g/mol. The van der Waals surface area contributed by atoms with Crippen molar-refractivity contribution in [2.45, 2.75) is 38.6 Å². The van der Waals surface area contributed by atoms with Crippen molar-refractivity contribution >= 4 is 56.3 Å². The van der Waals surface area contributed by atoms with E-state index in [1.165, 1.54) is 83.1 Å². The highest BCUT2D eigenvalue weighted by molar-refractivity contribution is 6.13. The molecule has 3 heteroatoms. The van der Waals surface area contributed by atoms with Gasteiger partial charge in [-0.2, -0.15) is 0 Å². The zero-order valence-electron chi connectivity index (χ0n) is 31.0. The summed E-state index contributed by atoms with van der Waals surface area (Å²) in [6.45, 7) is 4.36. The molecule has 0 fully saturated rings.